The van der Waals surface area contributed by atoms with Crippen LogP contribution in [0.2, 0.25) is 0 Å². The van der Waals surface area contributed by atoms with E-state index in [1.54, 1.807) is 6.92 Å². The zero-order chi connectivity index (χ0) is 14.0. The lowest BCUT2D eigenvalue weighted by molar-refractivity contribution is 0.0857. The SMILES string of the molecule is Cc1c(C(=O)NCC2CCCO2)csc1S(=O)(=O)Cl. The molecule has 1 aliphatic rings. The quantitative estimate of drug-likeness (QED) is 0.859. The molecule has 1 aliphatic heterocycles. The van der Waals surface area contributed by atoms with Gasteiger partial charge in [0, 0.05) is 29.2 Å². The van der Waals surface area contributed by atoms with E-state index in [0.29, 0.717) is 17.7 Å². The van der Waals surface area contributed by atoms with E-state index in [-0.39, 0.29) is 16.2 Å². The van der Waals surface area contributed by atoms with E-state index in [9.17, 15) is 13.2 Å². The van der Waals surface area contributed by atoms with E-state index in [1.165, 1.54) is 5.38 Å². The van der Waals surface area contributed by atoms with Crippen LogP contribution in [0.1, 0.15) is 28.8 Å². The molecule has 0 aromatic carbocycles. The Morgan fingerprint density at radius 2 is 2.37 bits per heavy atom. The Morgan fingerprint density at radius 1 is 1.63 bits per heavy atom. The maximum atomic E-state index is 12.0. The molecule has 0 spiro atoms. The largest absolute Gasteiger partial charge is 0.376 e. The molecule has 1 atom stereocenters. The highest BCUT2D eigenvalue weighted by Crippen LogP contribution is 2.29. The smallest absolute Gasteiger partial charge is 0.271 e. The number of ether oxygens (including phenoxy) is 1. The first-order valence-corrected chi connectivity index (χ1v) is 9.01. The Morgan fingerprint density at radius 3 is 2.89 bits per heavy atom. The van der Waals surface area contributed by atoms with Crippen LogP contribution in [0.25, 0.3) is 0 Å². The number of nitrogens with one attached hydrogen (secondary N) is 1. The van der Waals surface area contributed by atoms with Crippen molar-refractivity contribution in [2.24, 2.45) is 0 Å². The molecule has 8 heteroatoms. The Hall–Kier alpha value is -0.630. The first kappa shape index (κ1) is 14.8. The zero-order valence-corrected chi connectivity index (χ0v) is 12.7. The molecule has 0 radical (unpaired) electrons. The molecule has 1 aromatic heterocycles. The second-order valence-electron chi connectivity index (χ2n) is 4.34. The number of rotatable bonds is 4. The van der Waals surface area contributed by atoms with E-state index in [2.05, 4.69) is 5.32 Å². The summed E-state index contributed by atoms with van der Waals surface area (Å²) in [5, 5.41) is 4.26. The molecule has 2 rings (SSSR count). The Labute approximate surface area is 120 Å². The van der Waals surface area contributed by atoms with Crippen LogP contribution < -0.4 is 5.32 Å². The summed E-state index contributed by atoms with van der Waals surface area (Å²) in [6.07, 6.45) is 2.00. The summed E-state index contributed by atoms with van der Waals surface area (Å²) < 4.78 is 28.0. The van der Waals surface area contributed by atoms with Gasteiger partial charge in [0.25, 0.3) is 15.0 Å². The summed E-state index contributed by atoms with van der Waals surface area (Å²) >= 11 is 0.958. The van der Waals surface area contributed by atoms with Gasteiger partial charge in [0.2, 0.25) is 0 Å². The lowest BCUT2D eigenvalue weighted by Gasteiger charge is -2.10. The summed E-state index contributed by atoms with van der Waals surface area (Å²) in [6, 6.07) is 0. The van der Waals surface area contributed by atoms with Gasteiger partial charge in [-0.3, -0.25) is 4.79 Å². The van der Waals surface area contributed by atoms with Crippen molar-refractivity contribution in [2.75, 3.05) is 13.2 Å². The summed E-state index contributed by atoms with van der Waals surface area (Å²) in [5.74, 6) is -0.296. The minimum absolute atomic E-state index is 0.0245. The van der Waals surface area contributed by atoms with Crippen LogP contribution in [0.15, 0.2) is 9.59 Å². The van der Waals surface area contributed by atoms with Crippen LogP contribution in [-0.2, 0) is 13.8 Å². The minimum atomic E-state index is -3.79. The first-order valence-electron chi connectivity index (χ1n) is 5.82. The minimum Gasteiger partial charge on any atom is -0.376 e. The highest BCUT2D eigenvalue weighted by Gasteiger charge is 2.23. The van der Waals surface area contributed by atoms with Gasteiger partial charge in [0.05, 0.1) is 11.7 Å². The van der Waals surface area contributed by atoms with Gasteiger partial charge >= 0.3 is 0 Å². The van der Waals surface area contributed by atoms with Crippen molar-refractivity contribution in [1.29, 1.82) is 0 Å². The first-order chi connectivity index (χ1) is 8.89. The van der Waals surface area contributed by atoms with E-state index in [0.717, 1.165) is 30.8 Å². The summed E-state index contributed by atoms with van der Waals surface area (Å²) in [6.45, 7) is 2.75. The van der Waals surface area contributed by atoms with Crippen LogP contribution >= 0.6 is 22.0 Å². The molecular formula is C11H14ClNO4S2. The highest BCUT2D eigenvalue weighted by atomic mass is 35.7. The average Bonchev–Trinajstić information content (AvgIpc) is 2.93. The van der Waals surface area contributed by atoms with Crippen LogP contribution in [0, 0.1) is 6.92 Å². The Kier molecular flexibility index (Phi) is 4.50. The van der Waals surface area contributed by atoms with Crippen LogP contribution in [-0.4, -0.2) is 33.6 Å². The monoisotopic (exact) mass is 323 g/mol. The molecule has 0 bridgehead atoms. The maximum Gasteiger partial charge on any atom is 0.271 e. The average molecular weight is 324 g/mol. The second-order valence-corrected chi connectivity index (χ2v) is 7.99. The van der Waals surface area contributed by atoms with Crippen molar-refractivity contribution in [3.63, 3.8) is 0 Å². The van der Waals surface area contributed by atoms with Crippen molar-refractivity contribution < 1.29 is 17.9 Å². The molecule has 19 heavy (non-hydrogen) atoms. The fourth-order valence-corrected chi connectivity index (χ4v) is 4.52. The fraction of sp³-hybridized carbons (Fsp3) is 0.545. The Bertz CT molecular complexity index is 576. The lowest BCUT2D eigenvalue weighted by Crippen LogP contribution is -2.31. The van der Waals surface area contributed by atoms with Gasteiger partial charge in [-0.2, -0.15) is 0 Å². The van der Waals surface area contributed by atoms with Crippen molar-refractivity contribution in [1.82, 2.24) is 5.32 Å². The van der Waals surface area contributed by atoms with E-state index < -0.39 is 9.05 Å². The predicted octanol–water partition coefficient (Wildman–Crippen LogP) is 1.89. The number of hydrogen-bond acceptors (Lipinski definition) is 5. The van der Waals surface area contributed by atoms with Gasteiger partial charge in [-0.1, -0.05) is 0 Å². The molecule has 106 valence electrons. The van der Waals surface area contributed by atoms with E-state index in [4.69, 9.17) is 15.4 Å². The topological polar surface area (TPSA) is 72.5 Å². The predicted molar refractivity (Wildman–Crippen MR) is 73.4 cm³/mol. The van der Waals surface area contributed by atoms with E-state index in [1.807, 2.05) is 0 Å². The molecular weight excluding hydrogens is 310 g/mol. The molecule has 1 aromatic rings. The Balaban J connectivity index is 2.05. The molecule has 0 saturated carbocycles. The molecule has 1 saturated heterocycles. The molecule has 1 amide bonds. The molecule has 1 unspecified atom stereocenters. The van der Waals surface area contributed by atoms with Gasteiger partial charge in [0.15, 0.2) is 0 Å². The normalized spacial score (nSPS) is 19.6. The number of carbonyl (C=O) groups excluding carboxylic acids is 1. The van der Waals surface area contributed by atoms with Crippen molar-refractivity contribution in [2.45, 2.75) is 30.1 Å². The highest BCUT2D eigenvalue weighted by molar-refractivity contribution is 8.15. The number of halogens is 1. The van der Waals surface area contributed by atoms with Crippen molar-refractivity contribution in [3.05, 3.63) is 16.5 Å². The molecule has 5 nitrogen and oxygen atoms in total. The van der Waals surface area contributed by atoms with Gasteiger partial charge in [-0.05, 0) is 25.3 Å². The summed E-state index contributed by atoms with van der Waals surface area (Å²) in [4.78, 5) is 12.0. The maximum absolute atomic E-state index is 12.0. The van der Waals surface area contributed by atoms with Crippen LogP contribution in [0.4, 0.5) is 0 Å². The number of carbonyl (C=O) groups is 1. The molecule has 0 aliphatic carbocycles. The van der Waals surface area contributed by atoms with Gasteiger partial charge in [-0.25, -0.2) is 8.42 Å². The van der Waals surface area contributed by atoms with Crippen LogP contribution in [0.3, 0.4) is 0 Å². The second kappa shape index (κ2) is 5.78. The lowest BCUT2D eigenvalue weighted by atomic mass is 10.2. The number of thiophene rings is 1. The standard InChI is InChI=1S/C11H14ClNO4S2/c1-7-9(6-18-11(7)19(12,15)16)10(14)13-5-8-3-2-4-17-8/h6,8H,2-5H2,1H3,(H,13,14). The molecule has 1 fully saturated rings. The number of amides is 1. The van der Waals surface area contributed by atoms with E-state index >= 15 is 0 Å². The third-order valence-corrected chi connectivity index (χ3v) is 6.28. The molecule has 1 N–H and O–H groups in total. The summed E-state index contributed by atoms with van der Waals surface area (Å²) in [5.41, 5.74) is 0.743. The van der Waals surface area contributed by atoms with Crippen LogP contribution in [0.5, 0.6) is 0 Å². The summed E-state index contributed by atoms with van der Waals surface area (Å²) in [7, 11) is 1.50. The third kappa shape index (κ3) is 3.47. The van der Waals surface area contributed by atoms with Gasteiger partial charge in [-0.15, -0.1) is 11.3 Å². The fourth-order valence-electron chi connectivity index (χ4n) is 1.97. The third-order valence-electron chi connectivity index (χ3n) is 2.97. The number of hydrogen-bond donors (Lipinski definition) is 1. The van der Waals surface area contributed by atoms with Crippen molar-refractivity contribution in [3.8, 4) is 0 Å². The van der Waals surface area contributed by atoms with Gasteiger partial charge in [0.1, 0.15) is 4.21 Å². The van der Waals surface area contributed by atoms with Gasteiger partial charge < -0.3 is 10.1 Å². The zero-order valence-electron chi connectivity index (χ0n) is 10.3. The molecule has 2 heterocycles. The van der Waals surface area contributed by atoms with Crippen molar-refractivity contribution >= 4 is 37.0 Å².